The standard InChI is InChI=1S/C14H19N3O3S/c15-10-9(13(16)19)14(17-5-7-3-4-20-6-7)21-12(10)11(18)8-1-2-8/h7-8,17H,1-6,15H2,(H2,16,19). The molecule has 1 aromatic heterocycles. The van der Waals surface area contributed by atoms with Gasteiger partial charge in [-0.3, -0.25) is 9.59 Å². The molecule has 1 aliphatic carbocycles. The maximum Gasteiger partial charge on any atom is 0.253 e. The number of rotatable bonds is 6. The molecule has 1 aliphatic heterocycles. The van der Waals surface area contributed by atoms with Gasteiger partial charge in [0.15, 0.2) is 5.78 Å². The fraction of sp³-hybridized carbons (Fsp3) is 0.571. The highest BCUT2D eigenvalue weighted by Gasteiger charge is 2.35. The summed E-state index contributed by atoms with van der Waals surface area (Å²) in [6, 6.07) is 0. The summed E-state index contributed by atoms with van der Waals surface area (Å²) in [5.41, 5.74) is 11.9. The number of nitrogen functional groups attached to an aromatic ring is 1. The van der Waals surface area contributed by atoms with Crippen molar-refractivity contribution in [3.05, 3.63) is 10.4 Å². The third-order valence-electron chi connectivity index (χ3n) is 3.94. The van der Waals surface area contributed by atoms with Gasteiger partial charge in [0.05, 0.1) is 22.7 Å². The first-order valence-corrected chi connectivity index (χ1v) is 7.97. The van der Waals surface area contributed by atoms with Crippen molar-refractivity contribution in [2.24, 2.45) is 17.6 Å². The highest BCUT2D eigenvalue weighted by molar-refractivity contribution is 7.19. The Hall–Kier alpha value is -1.60. The van der Waals surface area contributed by atoms with Crippen LogP contribution >= 0.6 is 11.3 Å². The van der Waals surface area contributed by atoms with Crippen molar-refractivity contribution in [3.63, 3.8) is 0 Å². The Morgan fingerprint density at radius 3 is 2.67 bits per heavy atom. The van der Waals surface area contributed by atoms with E-state index in [1.54, 1.807) is 0 Å². The lowest BCUT2D eigenvalue weighted by Crippen LogP contribution is -2.18. The fourth-order valence-corrected chi connectivity index (χ4v) is 3.66. The zero-order valence-electron chi connectivity index (χ0n) is 11.7. The minimum absolute atomic E-state index is 0.0391. The largest absolute Gasteiger partial charge is 0.397 e. The lowest BCUT2D eigenvalue weighted by molar-refractivity contribution is 0.0972. The van der Waals surface area contributed by atoms with Gasteiger partial charge in [-0.25, -0.2) is 0 Å². The second-order valence-corrected chi connectivity index (χ2v) is 6.68. The van der Waals surface area contributed by atoms with Crippen LogP contribution in [0.25, 0.3) is 0 Å². The number of hydrogen-bond acceptors (Lipinski definition) is 6. The molecule has 2 heterocycles. The lowest BCUT2D eigenvalue weighted by atomic mass is 10.1. The fourth-order valence-electron chi connectivity index (χ4n) is 2.51. The van der Waals surface area contributed by atoms with E-state index in [0.29, 0.717) is 28.9 Å². The first-order valence-electron chi connectivity index (χ1n) is 7.15. The van der Waals surface area contributed by atoms with Gasteiger partial charge in [-0.15, -0.1) is 11.3 Å². The van der Waals surface area contributed by atoms with Gasteiger partial charge in [0.2, 0.25) is 0 Å². The number of amides is 1. The van der Waals surface area contributed by atoms with Crippen LogP contribution in [0.3, 0.4) is 0 Å². The molecule has 2 fully saturated rings. The first-order chi connectivity index (χ1) is 10.1. The first kappa shape index (κ1) is 14.3. The summed E-state index contributed by atoms with van der Waals surface area (Å²) >= 11 is 1.25. The number of ether oxygens (including phenoxy) is 1. The molecule has 1 saturated carbocycles. The molecule has 0 bridgehead atoms. The van der Waals surface area contributed by atoms with E-state index in [9.17, 15) is 9.59 Å². The molecule has 3 rings (SSSR count). The number of anilines is 2. The molecule has 1 unspecified atom stereocenters. The summed E-state index contributed by atoms with van der Waals surface area (Å²) < 4.78 is 5.32. The van der Waals surface area contributed by atoms with Gasteiger partial charge in [0.1, 0.15) is 5.00 Å². The summed E-state index contributed by atoms with van der Waals surface area (Å²) in [5.74, 6) is -0.0691. The van der Waals surface area contributed by atoms with E-state index in [2.05, 4.69) is 5.32 Å². The zero-order valence-corrected chi connectivity index (χ0v) is 12.5. The smallest absolute Gasteiger partial charge is 0.253 e. The van der Waals surface area contributed by atoms with Crippen LogP contribution in [-0.4, -0.2) is 31.4 Å². The predicted octanol–water partition coefficient (Wildman–Crippen LogP) is 1.47. The van der Waals surface area contributed by atoms with Crippen LogP contribution in [0.2, 0.25) is 0 Å². The van der Waals surface area contributed by atoms with Crippen LogP contribution in [0, 0.1) is 11.8 Å². The van der Waals surface area contributed by atoms with Gasteiger partial charge in [0.25, 0.3) is 5.91 Å². The summed E-state index contributed by atoms with van der Waals surface area (Å²) in [6.45, 7) is 2.18. The summed E-state index contributed by atoms with van der Waals surface area (Å²) in [7, 11) is 0. The maximum absolute atomic E-state index is 12.2. The Bertz CT molecular complexity index is 574. The minimum atomic E-state index is -0.594. The molecule has 1 atom stereocenters. The number of carbonyl (C=O) groups is 2. The third kappa shape index (κ3) is 2.89. The van der Waals surface area contributed by atoms with Crippen LogP contribution in [0.1, 0.15) is 39.3 Å². The van der Waals surface area contributed by atoms with Crippen molar-refractivity contribution in [2.75, 3.05) is 30.8 Å². The van der Waals surface area contributed by atoms with Gasteiger partial charge in [-0.2, -0.15) is 0 Å². The van der Waals surface area contributed by atoms with Gasteiger partial charge >= 0.3 is 0 Å². The second kappa shape index (κ2) is 5.65. The van der Waals surface area contributed by atoms with Crippen molar-refractivity contribution >= 4 is 33.7 Å². The van der Waals surface area contributed by atoms with Crippen LogP contribution in [-0.2, 0) is 4.74 Å². The van der Waals surface area contributed by atoms with Crippen molar-refractivity contribution in [1.29, 1.82) is 0 Å². The third-order valence-corrected chi connectivity index (χ3v) is 5.12. The molecule has 6 nitrogen and oxygen atoms in total. The molecular formula is C14H19N3O3S. The van der Waals surface area contributed by atoms with Gasteiger partial charge in [0, 0.05) is 25.0 Å². The SMILES string of the molecule is NC(=O)c1c(NCC2CCOC2)sc(C(=O)C2CC2)c1N. The van der Waals surface area contributed by atoms with Gasteiger partial charge in [-0.1, -0.05) is 0 Å². The molecule has 1 saturated heterocycles. The number of primary amides is 1. The molecule has 0 spiro atoms. The minimum Gasteiger partial charge on any atom is -0.397 e. The Morgan fingerprint density at radius 1 is 1.33 bits per heavy atom. The number of thiophene rings is 1. The highest BCUT2D eigenvalue weighted by atomic mass is 32.1. The topological polar surface area (TPSA) is 107 Å². The normalized spacial score (nSPS) is 21.4. The monoisotopic (exact) mass is 309 g/mol. The number of nitrogens with two attached hydrogens (primary N) is 2. The lowest BCUT2D eigenvalue weighted by Gasteiger charge is -2.10. The van der Waals surface area contributed by atoms with E-state index in [0.717, 1.165) is 25.9 Å². The number of hydrogen-bond donors (Lipinski definition) is 3. The maximum atomic E-state index is 12.2. The Morgan fingerprint density at radius 2 is 2.10 bits per heavy atom. The summed E-state index contributed by atoms with van der Waals surface area (Å²) in [5, 5.41) is 3.82. The van der Waals surface area contributed by atoms with E-state index in [1.165, 1.54) is 11.3 Å². The average molecular weight is 309 g/mol. The van der Waals surface area contributed by atoms with Gasteiger partial charge in [-0.05, 0) is 19.3 Å². The van der Waals surface area contributed by atoms with E-state index in [4.69, 9.17) is 16.2 Å². The van der Waals surface area contributed by atoms with Crippen molar-refractivity contribution in [1.82, 2.24) is 0 Å². The molecule has 2 aliphatic rings. The van der Waals surface area contributed by atoms with Crippen molar-refractivity contribution < 1.29 is 14.3 Å². The Balaban J connectivity index is 1.81. The number of carbonyl (C=O) groups excluding carboxylic acids is 2. The van der Waals surface area contributed by atoms with E-state index >= 15 is 0 Å². The van der Waals surface area contributed by atoms with E-state index in [-0.39, 0.29) is 23.0 Å². The Kier molecular flexibility index (Phi) is 3.86. The summed E-state index contributed by atoms with van der Waals surface area (Å²) in [4.78, 5) is 24.3. The van der Waals surface area contributed by atoms with Gasteiger partial charge < -0.3 is 21.5 Å². The Labute approximate surface area is 126 Å². The zero-order chi connectivity index (χ0) is 15.0. The van der Waals surface area contributed by atoms with Crippen LogP contribution in [0.4, 0.5) is 10.7 Å². The van der Waals surface area contributed by atoms with Crippen molar-refractivity contribution in [2.45, 2.75) is 19.3 Å². The predicted molar refractivity (Wildman–Crippen MR) is 81.7 cm³/mol. The van der Waals surface area contributed by atoms with E-state index < -0.39 is 5.91 Å². The molecule has 114 valence electrons. The van der Waals surface area contributed by atoms with Crippen molar-refractivity contribution in [3.8, 4) is 0 Å². The molecule has 21 heavy (non-hydrogen) atoms. The molecule has 1 aromatic rings. The second-order valence-electron chi connectivity index (χ2n) is 5.66. The quantitative estimate of drug-likeness (QED) is 0.690. The summed E-state index contributed by atoms with van der Waals surface area (Å²) in [6.07, 6.45) is 2.81. The van der Waals surface area contributed by atoms with Crippen LogP contribution in [0.5, 0.6) is 0 Å². The molecule has 1 amide bonds. The van der Waals surface area contributed by atoms with Crippen LogP contribution in [0.15, 0.2) is 0 Å². The molecule has 5 N–H and O–H groups in total. The molecule has 7 heteroatoms. The van der Waals surface area contributed by atoms with E-state index in [1.807, 2.05) is 0 Å². The molecule has 0 radical (unpaired) electrons. The highest BCUT2D eigenvalue weighted by Crippen LogP contribution is 2.41. The number of nitrogens with one attached hydrogen (secondary N) is 1. The number of Topliss-reactive ketones (excluding diaryl/α,β-unsaturated/α-hetero) is 1. The molecule has 0 aromatic carbocycles. The number of ketones is 1. The average Bonchev–Trinajstić information content (AvgIpc) is 3.06. The van der Waals surface area contributed by atoms with Crippen LogP contribution < -0.4 is 16.8 Å². The molecular weight excluding hydrogens is 290 g/mol.